The molecule has 0 saturated carbocycles. The summed E-state index contributed by atoms with van der Waals surface area (Å²) in [6.07, 6.45) is 1.65. The molecule has 2 aromatic carbocycles. The van der Waals surface area contributed by atoms with E-state index in [0.717, 1.165) is 17.4 Å². The summed E-state index contributed by atoms with van der Waals surface area (Å²) >= 11 is 0. The minimum Gasteiger partial charge on any atom is -0.495 e. The lowest BCUT2D eigenvalue weighted by molar-refractivity contribution is -0.116. The number of amides is 1. The molecule has 0 fully saturated rings. The van der Waals surface area contributed by atoms with Gasteiger partial charge < -0.3 is 10.1 Å². The van der Waals surface area contributed by atoms with Crippen molar-refractivity contribution in [3.63, 3.8) is 0 Å². The first-order valence-corrected chi connectivity index (χ1v) is 10.1. The largest absolute Gasteiger partial charge is 0.495 e. The van der Waals surface area contributed by atoms with Crippen LogP contribution in [0.25, 0.3) is 0 Å². The number of ether oxygens (including phenoxy) is 1. The van der Waals surface area contributed by atoms with Gasteiger partial charge in [0.15, 0.2) is 0 Å². The maximum atomic E-state index is 12.4. The smallest absolute Gasteiger partial charge is 0.239 e. The van der Waals surface area contributed by atoms with E-state index in [9.17, 15) is 13.2 Å². The van der Waals surface area contributed by atoms with E-state index in [-0.39, 0.29) is 13.1 Å². The molecule has 0 saturated heterocycles. The molecule has 1 N–H and O–H groups in total. The Morgan fingerprint density at radius 1 is 1.15 bits per heavy atom. The second kappa shape index (κ2) is 8.82. The van der Waals surface area contributed by atoms with Crippen molar-refractivity contribution in [2.75, 3.05) is 31.8 Å². The van der Waals surface area contributed by atoms with Crippen molar-refractivity contribution in [1.82, 2.24) is 4.31 Å². The van der Waals surface area contributed by atoms with Crippen LogP contribution in [-0.2, 0) is 21.2 Å². The van der Waals surface area contributed by atoms with Crippen LogP contribution in [0.1, 0.15) is 11.1 Å². The highest BCUT2D eigenvalue weighted by molar-refractivity contribution is 7.88. The number of benzene rings is 2. The molecule has 1 amide bonds. The number of rotatable bonds is 8. The number of anilines is 1. The van der Waals surface area contributed by atoms with E-state index in [1.807, 2.05) is 43.3 Å². The van der Waals surface area contributed by atoms with Gasteiger partial charge in [-0.25, -0.2) is 8.42 Å². The Balaban J connectivity index is 2.06. The SMILES string of the molecule is COc1ccc(C)cc1NC(=O)CN(CCc1ccccc1)S(C)(=O)=O. The zero-order valence-corrected chi connectivity index (χ0v) is 16.0. The first kappa shape index (κ1) is 19.9. The third-order valence-electron chi connectivity index (χ3n) is 3.91. The number of nitrogens with zero attached hydrogens (tertiary/aromatic N) is 1. The number of aryl methyl sites for hydroxylation is 1. The van der Waals surface area contributed by atoms with Gasteiger partial charge in [0.1, 0.15) is 5.75 Å². The molecule has 26 heavy (non-hydrogen) atoms. The second-order valence-corrected chi connectivity index (χ2v) is 8.07. The van der Waals surface area contributed by atoms with Crippen molar-refractivity contribution in [3.05, 3.63) is 59.7 Å². The molecule has 0 bridgehead atoms. The molecule has 0 unspecified atom stereocenters. The van der Waals surface area contributed by atoms with Crippen LogP contribution in [0.2, 0.25) is 0 Å². The van der Waals surface area contributed by atoms with Crippen LogP contribution in [0.15, 0.2) is 48.5 Å². The topological polar surface area (TPSA) is 75.7 Å². The van der Waals surface area contributed by atoms with Gasteiger partial charge in [-0.15, -0.1) is 0 Å². The Labute approximate surface area is 154 Å². The minimum absolute atomic E-state index is 0.237. The fraction of sp³-hybridized carbons (Fsp3) is 0.316. The Kier molecular flexibility index (Phi) is 6.76. The third kappa shape index (κ3) is 5.86. The molecule has 0 aliphatic carbocycles. The molecule has 7 heteroatoms. The lowest BCUT2D eigenvalue weighted by Crippen LogP contribution is -2.38. The summed E-state index contributed by atoms with van der Waals surface area (Å²) in [7, 11) is -1.99. The fourth-order valence-electron chi connectivity index (χ4n) is 2.53. The van der Waals surface area contributed by atoms with Gasteiger partial charge in [-0.3, -0.25) is 4.79 Å². The highest BCUT2D eigenvalue weighted by atomic mass is 32.2. The second-order valence-electron chi connectivity index (χ2n) is 6.08. The van der Waals surface area contributed by atoms with Crippen molar-refractivity contribution in [2.45, 2.75) is 13.3 Å². The molecule has 0 aliphatic heterocycles. The predicted molar refractivity (Wildman–Crippen MR) is 103 cm³/mol. The van der Waals surface area contributed by atoms with Crippen LogP contribution in [-0.4, -0.2) is 45.1 Å². The number of nitrogens with one attached hydrogen (secondary N) is 1. The van der Waals surface area contributed by atoms with E-state index in [2.05, 4.69) is 5.32 Å². The summed E-state index contributed by atoms with van der Waals surface area (Å²) in [4.78, 5) is 12.4. The van der Waals surface area contributed by atoms with Crippen LogP contribution < -0.4 is 10.1 Å². The van der Waals surface area contributed by atoms with Gasteiger partial charge in [0, 0.05) is 6.54 Å². The number of carbonyl (C=O) groups excluding carboxylic acids is 1. The van der Waals surface area contributed by atoms with Crippen LogP contribution >= 0.6 is 0 Å². The van der Waals surface area contributed by atoms with E-state index in [4.69, 9.17) is 4.74 Å². The van der Waals surface area contributed by atoms with Gasteiger partial charge in [-0.2, -0.15) is 4.31 Å². The minimum atomic E-state index is -3.51. The van der Waals surface area contributed by atoms with Gasteiger partial charge in [0.05, 0.1) is 25.6 Å². The van der Waals surface area contributed by atoms with Gasteiger partial charge in [0.2, 0.25) is 15.9 Å². The zero-order chi connectivity index (χ0) is 19.2. The Bertz CT molecular complexity index is 851. The summed E-state index contributed by atoms with van der Waals surface area (Å²) in [5.41, 5.74) is 2.50. The summed E-state index contributed by atoms with van der Waals surface area (Å²) in [5.74, 6) is 0.117. The molecular weight excluding hydrogens is 352 g/mol. The Morgan fingerprint density at radius 3 is 2.46 bits per heavy atom. The first-order chi connectivity index (χ1) is 12.3. The van der Waals surface area contributed by atoms with E-state index >= 15 is 0 Å². The van der Waals surface area contributed by atoms with Gasteiger partial charge in [-0.05, 0) is 36.6 Å². The summed E-state index contributed by atoms with van der Waals surface area (Å²) in [6.45, 7) is 1.89. The number of hydrogen-bond donors (Lipinski definition) is 1. The average Bonchev–Trinajstić information content (AvgIpc) is 2.58. The van der Waals surface area contributed by atoms with Crippen LogP contribution in [0.5, 0.6) is 5.75 Å². The van der Waals surface area contributed by atoms with Crippen molar-refractivity contribution >= 4 is 21.6 Å². The van der Waals surface area contributed by atoms with Gasteiger partial charge in [0.25, 0.3) is 0 Å². The molecule has 0 atom stereocenters. The summed E-state index contributed by atoms with van der Waals surface area (Å²) in [5, 5.41) is 2.73. The molecular formula is C19H24N2O4S. The van der Waals surface area contributed by atoms with E-state index in [0.29, 0.717) is 17.9 Å². The van der Waals surface area contributed by atoms with Crippen LogP contribution in [0.3, 0.4) is 0 Å². The highest BCUT2D eigenvalue weighted by Gasteiger charge is 2.20. The third-order valence-corrected chi connectivity index (χ3v) is 5.16. The Morgan fingerprint density at radius 2 is 1.85 bits per heavy atom. The lowest BCUT2D eigenvalue weighted by Gasteiger charge is -2.20. The van der Waals surface area contributed by atoms with E-state index in [1.54, 1.807) is 12.1 Å². The van der Waals surface area contributed by atoms with Crippen molar-refractivity contribution in [3.8, 4) is 5.75 Å². The lowest BCUT2D eigenvalue weighted by atomic mass is 10.1. The standard InChI is InChI=1S/C19H24N2O4S/c1-15-9-10-18(25-2)17(13-15)20-19(22)14-21(26(3,23)24)12-11-16-7-5-4-6-8-16/h4-10,13H,11-12,14H2,1-3H3,(H,20,22). The van der Waals surface area contributed by atoms with Crippen molar-refractivity contribution in [1.29, 1.82) is 0 Å². The fourth-order valence-corrected chi connectivity index (χ4v) is 3.30. The number of hydrogen-bond acceptors (Lipinski definition) is 4. The number of methoxy groups -OCH3 is 1. The molecule has 2 aromatic rings. The molecule has 0 radical (unpaired) electrons. The molecule has 2 rings (SSSR count). The summed E-state index contributed by atoms with van der Waals surface area (Å²) in [6, 6.07) is 15.0. The highest BCUT2D eigenvalue weighted by Crippen LogP contribution is 2.25. The number of sulfonamides is 1. The quantitative estimate of drug-likeness (QED) is 0.768. The van der Waals surface area contributed by atoms with Crippen LogP contribution in [0, 0.1) is 6.92 Å². The molecule has 140 valence electrons. The monoisotopic (exact) mass is 376 g/mol. The average molecular weight is 376 g/mol. The maximum Gasteiger partial charge on any atom is 0.239 e. The molecule has 6 nitrogen and oxygen atoms in total. The van der Waals surface area contributed by atoms with Crippen LogP contribution in [0.4, 0.5) is 5.69 Å². The first-order valence-electron chi connectivity index (χ1n) is 8.23. The zero-order valence-electron chi connectivity index (χ0n) is 15.2. The van der Waals surface area contributed by atoms with Crippen molar-refractivity contribution < 1.29 is 17.9 Å². The molecule has 0 aliphatic rings. The predicted octanol–water partition coefficient (Wildman–Crippen LogP) is 2.45. The maximum absolute atomic E-state index is 12.4. The molecule has 0 aromatic heterocycles. The van der Waals surface area contributed by atoms with E-state index < -0.39 is 15.9 Å². The van der Waals surface area contributed by atoms with E-state index in [1.165, 1.54) is 11.4 Å². The number of carbonyl (C=O) groups is 1. The van der Waals surface area contributed by atoms with Gasteiger partial charge >= 0.3 is 0 Å². The van der Waals surface area contributed by atoms with Gasteiger partial charge in [-0.1, -0.05) is 36.4 Å². The van der Waals surface area contributed by atoms with Crippen molar-refractivity contribution in [2.24, 2.45) is 0 Å². The molecule has 0 spiro atoms. The Hall–Kier alpha value is -2.38. The summed E-state index contributed by atoms with van der Waals surface area (Å²) < 4.78 is 30.5. The molecule has 0 heterocycles. The normalized spacial score (nSPS) is 11.4.